The van der Waals surface area contributed by atoms with Crippen LogP contribution >= 0.6 is 0 Å². The lowest BCUT2D eigenvalue weighted by atomic mass is 9.91. The van der Waals surface area contributed by atoms with E-state index in [-0.39, 0.29) is 24.0 Å². The predicted molar refractivity (Wildman–Crippen MR) is 66.9 cm³/mol. The van der Waals surface area contributed by atoms with Crippen molar-refractivity contribution in [3.63, 3.8) is 0 Å². The van der Waals surface area contributed by atoms with Crippen LogP contribution in [0.2, 0.25) is 0 Å². The van der Waals surface area contributed by atoms with Crippen molar-refractivity contribution in [1.29, 1.82) is 5.26 Å². The van der Waals surface area contributed by atoms with Crippen LogP contribution in [0.3, 0.4) is 0 Å². The summed E-state index contributed by atoms with van der Waals surface area (Å²) >= 11 is 0. The standard InChI is InChI=1S/C14H13N3O2/c15-8-9-4-6-10(7-5-9)11-2-1-3-12-13(18)16-14(19)17(11)12/h4-7,11-12H,1-3H2,(H,16,18,19)/t11-,12-/m1/s1. The lowest BCUT2D eigenvalue weighted by Gasteiger charge is -2.35. The van der Waals surface area contributed by atoms with Crippen molar-refractivity contribution >= 4 is 11.9 Å². The first-order valence-corrected chi connectivity index (χ1v) is 6.34. The van der Waals surface area contributed by atoms with Gasteiger partial charge in [-0.15, -0.1) is 0 Å². The van der Waals surface area contributed by atoms with Crippen LogP contribution in [-0.4, -0.2) is 22.9 Å². The summed E-state index contributed by atoms with van der Waals surface area (Å²) in [6.07, 6.45) is 2.50. The van der Waals surface area contributed by atoms with E-state index in [2.05, 4.69) is 11.4 Å². The maximum absolute atomic E-state index is 11.9. The molecule has 19 heavy (non-hydrogen) atoms. The third-order valence-electron chi connectivity index (χ3n) is 3.82. The van der Waals surface area contributed by atoms with Crippen LogP contribution in [0.4, 0.5) is 4.79 Å². The number of fused-ring (bicyclic) bond motifs is 1. The van der Waals surface area contributed by atoms with Crippen LogP contribution in [0.5, 0.6) is 0 Å². The molecule has 2 heterocycles. The van der Waals surface area contributed by atoms with E-state index in [1.165, 1.54) is 0 Å². The minimum absolute atomic E-state index is 0.0713. The Balaban J connectivity index is 1.93. The summed E-state index contributed by atoms with van der Waals surface area (Å²) in [4.78, 5) is 25.2. The molecule has 1 N–H and O–H groups in total. The number of urea groups is 1. The van der Waals surface area contributed by atoms with Crippen molar-refractivity contribution in [2.75, 3.05) is 0 Å². The first kappa shape index (κ1) is 11.7. The molecule has 0 saturated carbocycles. The maximum atomic E-state index is 11.9. The normalized spacial score (nSPS) is 25.7. The van der Waals surface area contributed by atoms with E-state index in [9.17, 15) is 9.59 Å². The zero-order chi connectivity index (χ0) is 13.4. The molecule has 2 fully saturated rings. The van der Waals surface area contributed by atoms with Gasteiger partial charge in [0.1, 0.15) is 6.04 Å². The number of piperidine rings is 1. The molecule has 0 spiro atoms. The molecule has 96 valence electrons. The summed E-state index contributed by atoms with van der Waals surface area (Å²) in [5.41, 5.74) is 1.58. The first-order valence-electron chi connectivity index (χ1n) is 6.34. The SMILES string of the molecule is N#Cc1ccc([C@H]2CCC[C@@H]3C(=O)NC(=O)N32)cc1. The quantitative estimate of drug-likeness (QED) is 0.776. The van der Waals surface area contributed by atoms with E-state index < -0.39 is 0 Å². The average Bonchev–Trinajstić information content (AvgIpc) is 2.74. The third kappa shape index (κ3) is 1.85. The summed E-state index contributed by atoms with van der Waals surface area (Å²) in [6.45, 7) is 0. The molecule has 5 heteroatoms. The lowest BCUT2D eigenvalue weighted by Crippen LogP contribution is -2.41. The largest absolute Gasteiger partial charge is 0.325 e. The smallest absolute Gasteiger partial charge is 0.305 e. The number of rotatable bonds is 1. The first-order chi connectivity index (χ1) is 9.20. The highest BCUT2D eigenvalue weighted by molar-refractivity contribution is 6.04. The van der Waals surface area contributed by atoms with Gasteiger partial charge in [0.2, 0.25) is 0 Å². The van der Waals surface area contributed by atoms with E-state index in [0.717, 1.165) is 24.8 Å². The van der Waals surface area contributed by atoms with Crippen LogP contribution in [0.1, 0.15) is 36.4 Å². The predicted octanol–water partition coefficient (Wildman–Crippen LogP) is 1.70. The Morgan fingerprint density at radius 1 is 1.16 bits per heavy atom. The molecular formula is C14H13N3O2. The van der Waals surface area contributed by atoms with Crippen LogP contribution < -0.4 is 5.32 Å². The highest BCUT2D eigenvalue weighted by atomic mass is 16.2. The molecule has 2 aliphatic rings. The number of imide groups is 1. The Labute approximate surface area is 110 Å². The molecule has 2 saturated heterocycles. The van der Waals surface area contributed by atoms with Gasteiger partial charge >= 0.3 is 6.03 Å². The molecule has 0 bridgehead atoms. The zero-order valence-electron chi connectivity index (χ0n) is 10.3. The Bertz CT molecular complexity index is 573. The minimum Gasteiger partial charge on any atom is -0.305 e. The van der Waals surface area contributed by atoms with E-state index in [1.54, 1.807) is 17.0 Å². The van der Waals surface area contributed by atoms with Crippen molar-refractivity contribution in [3.05, 3.63) is 35.4 Å². The summed E-state index contributed by atoms with van der Waals surface area (Å²) in [6, 6.07) is 8.58. The molecule has 0 aliphatic carbocycles. The van der Waals surface area contributed by atoms with Gasteiger partial charge in [0.25, 0.3) is 5.91 Å². The number of hydrogen-bond acceptors (Lipinski definition) is 3. The number of carbonyl (C=O) groups is 2. The fraction of sp³-hybridized carbons (Fsp3) is 0.357. The van der Waals surface area contributed by atoms with Crippen molar-refractivity contribution in [2.45, 2.75) is 31.3 Å². The fourth-order valence-electron chi connectivity index (χ4n) is 2.90. The van der Waals surface area contributed by atoms with Gasteiger partial charge < -0.3 is 4.90 Å². The topological polar surface area (TPSA) is 73.2 Å². The lowest BCUT2D eigenvalue weighted by molar-refractivity contribution is -0.122. The molecule has 1 aromatic rings. The summed E-state index contributed by atoms with van der Waals surface area (Å²) in [5.74, 6) is -0.191. The maximum Gasteiger partial charge on any atom is 0.325 e. The minimum atomic E-state index is -0.332. The highest BCUT2D eigenvalue weighted by Crippen LogP contribution is 2.36. The Morgan fingerprint density at radius 2 is 1.84 bits per heavy atom. The van der Waals surface area contributed by atoms with Crippen molar-refractivity contribution < 1.29 is 9.59 Å². The monoisotopic (exact) mass is 255 g/mol. The molecule has 0 radical (unpaired) electrons. The Kier molecular flexibility index (Phi) is 2.71. The number of benzene rings is 1. The molecule has 3 rings (SSSR count). The van der Waals surface area contributed by atoms with E-state index in [1.807, 2.05) is 12.1 Å². The van der Waals surface area contributed by atoms with Gasteiger partial charge in [0.15, 0.2) is 0 Å². The highest BCUT2D eigenvalue weighted by Gasteiger charge is 2.44. The van der Waals surface area contributed by atoms with Crippen LogP contribution in [-0.2, 0) is 4.79 Å². The van der Waals surface area contributed by atoms with Crippen LogP contribution in [0.15, 0.2) is 24.3 Å². The number of hydrogen-bond donors (Lipinski definition) is 1. The number of amides is 3. The number of carbonyl (C=O) groups excluding carboxylic acids is 2. The third-order valence-corrected chi connectivity index (χ3v) is 3.82. The van der Waals surface area contributed by atoms with Gasteiger partial charge in [0.05, 0.1) is 17.7 Å². The summed E-state index contributed by atoms with van der Waals surface area (Å²) < 4.78 is 0. The number of nitrogens with one attached hydrogen (secondary N) is 1. The molecule has 0 unspecified atom stereocenters. The van der Waals surface area contributed by atoms with E-state index >= 15 is 0 Å². The van der Waals surface area contributed by atoms with Gasteiger partial charge in [-0.1, -0.05) is 12.1 Å². The molecule has 2 atom stereocenters. The van der Waals surface area contributed by atoms with Crippen molar-refractivity contribution in [3.8, 4) is 6.07 Å². The van der Waals surface area contributed by atoms with Gasteiger partial charge in [0, 0.05) is 0 Å². The molecular weight excluding hydrogens is 242 g/mol. The molecule has 5 nitrogen and oxygen atoms in total. The number of nitrogens with zero attached hydrogens (tertiary/aromatic N) is 2. The molecule has 0 aromatic heterocycles. The van der Waals surface area contributed by atoms with Gasteiger partial charge in [-0.05, 0) is 37.0 Å². The molecule has 2 aliphatic heterocycles. The van der Waals surface area contributed by atoms with Crippen molar-refractivity contribution in [2.24, 2.45) is 0 Å². The Hall–Kier alpha value is -2.35. The van der Waals surface area contributed by atoms with E-state index in [0.29, 0.717) is 5.56 Å². The van der Waals surface area contributed by atoms with Gasteiger partial charge in [-0.25, -0.2) is 4.79 Å². The second kappa shape index (κ2) is 4.39. The fourth-order valence-corrected chi connectivity index (χ4v) is 2.90. The summed E-state index contributed by atoms with van der Waals surface area (Å²) in [7, 11) is 0. The average molecular weight is 255 g/mol. The van der Waals surface area contributed by atoms with E-state index in [4.69, 9.17) is 5.26 Å². The van der Waals surface area contributed by atoms with Gasteiger partial charge in [-0.2, -0.15) is 5.26 Å². The molecule has 1 aromatic carbocycles. The molecule has 3 amide bonds. The Morgan fingerprint density at radius 3 is 2.53 bits per heavy atom. The number of nitriles is 1. The second-order valence-corrected chi connectivity index (χ2v) is 4.90. The van der Waals surface area contributed by atoms with Crippen LogP contribution in [0.25, 0.3) is 0 Å². The second-order valence-electron chi connectivity index (χ2n) is 4.90. The van der Waals surface area contributed by atoms with Gasteiger partial charge in [-0.3, -0.25) is 10.1 Å². The van der Waals surface area contributed by atoms with Crippen LogP contribution in [0, 0.1) is 11.3 Å². The summed E-state index contributed by atoms with van der Waals surface area (Å²) in [5, 5.41) is 11.2. The zero-order valence-corrected chi connectivity index (χ0v) is 10.3. The van der Waals surface area contributed by atoms with Crippen molar-refractivity contribution in [1.82, 2.24) is 10.2 Å².